The van der Waals surface area contributed by atoms with E-state index >= 15 is 0 Å². The number of nitrogens with zero attached hydrogens (tertiary/aromatic N) is 1. The van der Waals surface area contributed by atoms with Crippen LogP contribution in [0, 0.1) is 0 Å². The van der Waals surface area contributed by atoms with Crippen LogP contribution in [0.3, 0.4) is 0 Å². The maximum atomic E-state index is 11.5. The molecule has 0 spiro atoms. The molecule has 1 aromatic heterocycles. The van der Waals surface area contributed by atoms with Gasteiger partial charge in [-0.1, -0.05) is 12.1 Å². The van der Waals surface area contributed by atoms with Crippen LogP contribution in [0.5, 0.6) is 5.75 Å². The summed E-state index contributed by atoms with van der Waals surface area (Å²) in [5.74, 6) is 0.747. The van der Waals surface area contributed by atoms with Gasteiger partial charge >= 0.3 is 0 Å². The van der Waals surface area contributed by atoms with Gasteiger partial charge in [-0.05, 0) is 29.8 Å². The molecule has 0 saturated carbocycles. The first-order valence-corrected chi connectivity index (χ1v) is 7.15. The molecule has 0 amide bonds. The number of ether oxygens (including phenoxy) is 1. The zero-order chi connectivity index (χ0) is 13.9. The molecule has 2 aromatic rings. The van der Waals surface area contributed by atoms with Crippen molar-refractivity contribution in [2.24, 2.45) is 5.14 Å². The second kappa shape index (κ2) is 5.38. The maximum absolute atomic E-state index is 11.5. The third-order valence-electron chi connectivity index (χ3n) is 2.69. The molecule has 2 N–H and O–H groups in total. The van der Waals surface area contributed by atoms with Crippen molar-refractivity contribution in [1.29, 1.82) is 0 Å². The quantitative estimate of drug-likeness (QED) is 0.914. The van der Waals surface area contributed by atoms with Gasteiger partial charge < -0.3 is 4.74 Å². The van der Waals surface area contributed by atoms with Crippen LogP contribution in [0.25, 0.3) is 0 Å². The van der Waals surface area contributed by atoms with E-state index in [-0.39, 0.29) is 4.90 Å². The van der Waals surface area contributed by atoms with Crippen LogP contribution in [0.15, 0.2) is 47.5 Å². The van der Waals surface area contributed by atoms with Gasteiger partial charge in [0, 0.05) is 12.6 Å². The second-order valence-electron chi connectivity index (χ2n) is 4.02. The van der Waals surface area contributed by atoms with Crippen LogP contribution >= 0.6 is 0 Å². The lowest BCUT2D eigenvalue weighted by Gasteiger charge is -2.07. The lowest BCUT2D eigenvalue weighted by atomic mass is 10.1. The van der Waals surface area contributed by atoms with E-state index in [9.17, 15) is 8.42 Å². The molecule has 0 radical (unpaired) electrons. The fourth-order valence-corrected chi connectivity index (χ4v) is 2.47. The summed E-state index contributed by atoms with van der Waals surface area (Å²) in [5, 5.41) is 5.17. The number of aromatic nitrogens is 1. The van der Waals surface area contributed by atoms with E-state index < -0.39 is 10.0 Å². The Kier molecular flexibility index (Phi) is 3.82. The van der Waals surface area contributed by atoms with Crippen molar-refractivity contribution in [3.05, 3.63) is 53.9 Å². The Bertz CT molecular complexity index is 667. The van der Waals surface area contributed by atoms with Gasteiger partial charge in [-0.2, -0.15) is 0 Å². The van der Waals surface area contributed by atoms with Crippen molar-refractivity contribution < 1.29 is 13.2 Å². The predicted octanol–water partition coefficient (Wildman–Crippen LogP) is 1.33. The van der Waals surface area contributed by atoms with Crippen LogP contribution in [-0.2, 0) is 16.4 Å². The van der Waals surface area contributed by atoms with Gasteiger partial charge in [-0.3, -0.25) is 4.98 Å². The number of pyridine rings is 1. The smallest absolute Gasteiger partial charge is 0.239 e. The first kappa shape index (κ1) is 13.5. The Hall–Kier alpha value is -1.92. The summed E-state index contributed by atoms with van der Waals surface area (Å²) in [7, 11) is -2.16. The standard InChI is InChI=1S/C13H14N2O3S/c1-18-11-6-4-10(5-7-11)9-12-13(19(14,16)17)3-2-8-15-12/h2-8H,9H2,1H3,(H2,14,16,17). The summed E-state index contributed by atoms with van der Waals surface area (Å²) in [6, 6.07) is 10.4. The average molecular weight is 278 g/mol. The highest BCUT2D eigenvalue weighted by molar-refractivity contribution is 7.89. The Labute approximate surface area is 112 Å². The van der Waals surface area contributed by atoms with Crippen molar-refractivity contribution in [3.63, 3.8) is 0 Å². The zero-order valence-electron chi connectivity index (χ0n) is 10.4. The van der Waals surface area contributed by atoms with Crippen LogP contribution in [-0.4, -0.2) is 20.5 Å². The number of sulfonamides is 1. The molecule has 0 aliphatic heterocycles. The van der Waals surface area contributed by atoms with Gasteiger partial charge in [-0.25, -0.2) is 13.6 Å². The molecule has 0 fully saturated rings. The van der Waals surface area contributed by atoms with Crippen LogP contribution < -0.4 is 9.88 Å². The molecule has 0 atom stereocenters. The number of methoxy groups -OCH3 is 1. The molecule has 1 aromatic carbocycles. The molecule has 5 nitrogen and oxygen atoms in total. The van der Waals surface area contributed by atoms with Crippen molar-refractivity contribution in [2.45, 2.75) is 11.3 Å². The molecule has 0 unspecified atom stereocenters. The maximum Gasteiger partial charge on any atom is 0.239 e. The third-order valence-corrected chi connectivity index (χ3v) is 3.67. The largest absolute Gasteiger partial charge is 0.497 e. The van der Waals surface area contributed by atoms with Gasteiger partial charge in [0.2, 0.25) is 10.0 Å². The monoisotopic (exact) mass is 278 g/mol. The fraction of sp³-hybridized carbons (Fsp3) is 0.154. The molecule has 6 heteroatoms. The molecule has 2 rings (SSSR count). The van der Waals surface area contributed by atoms with E-state index in [1.807, 2.05) is 24.3 Å². The van der Waals surface area contributed by atoms with Crippen LogP contribution in [0.1, 0.15) is 11.3 Å². The molecule has 0 aliphatic carbocycles. The minimum Gasteiger partial charge on any atom is -0.497 e. The van der Waals surface area contributed by atoms with Crippen molar-refractivity contribution >= 4 is 10.0 Å². The van der Waals surface area contributed by atoms with Crippen molar-refractivity contribution in [2.75, 3.05) is 7.11 Å². The van der Waals surface area contributed by atoms with Gasteiger partial charge in [0.05, 0.1) is 12.8 Å². The number of primary sulfonamides is 1. The molecule has 1 heterocycles. The summed E-state index contributed by atoms with van der Waals surface area (Å²) in [6.07, 6.45) is 1.95. The minimum atomic E-state index is -3.75. The normalized spacial score (nSPS) is 11.3. The lowest BCUT2D eigenvalue weighted by molar-refractivity contribution is 0.414. The Morgan fingerprint density at radius 3 is 2.47 bits per heavy atom. The van der Waals surface area contributed by atoms with Crippen molar-refractivity contribution in [3.8, 4) is 5.75 Å². The first-order valence-electron chi connectivity index (χ1n) is 5.60. The summed E-state index contributed by atoms with van der Waals surface area (Å²) in [6.45, 7) is 0. The molecule has 100 valence electrons. The summed E-state index contributed by atoms with van der Waals surface area (Å²) < 4.78 is 28.0. The van der Waals surface area contributed by atoms with E-state index in [1.165, 1.54) is 6.07 Å². The second-order valence-corrected chi connectivity index (χ2v) is 5.55. The Morgan fingerprint density at radius 1 is 1.21 bits per heavy atom. The molecule has 0 saturated heterocycles. The predicted molar refractivity (Wildman–Crippen MR) is 71.4 cm³/mol. The van der Waals surface area contributed by atoms with Gasteiger partial charge in [0.1, 0.15) is 10.6 Å². The summed E-state index contributed by atoms with van der Waals surface area (Å²) in [4.78, 5) is 4.15. The molecule has 19 heavy (non-hydrogen) atoms. The van der Waals surface area contributed by atoms with Gasteiger partial charge in [-0.15, -0.1) is 0 Å². The fourth-order valence-electron chi connectivity index (χ4n) is 1.75. The molecule has 0 bridgehead atoms. The Balaban J connectivity index is 2.33. The van der Waals surface area contributed by atoms with E-state index in [0.717, 1.165) is 11.3 Å². The molecule has 0 aliphatic rings. The van der Waals surface area contributed by atoms with Gasteiger partial charge in [0.15, 0.2) is 0 Å². The number of benzene rings is 1. The zero-order valence-corrected chi connectivity index (χ0v) is 11.2. The SMILES string of the molecule is COc1ccc(Cc2ncccc2S(N)(=O)=O)cc1. The topological polar surface area (TPSA) is 82.3 Å². The number of nitrogens with two attached hydrogens (primary N) is 1. The Morgan fingerprint density at radius 2 is 1.89 bits per heavy atom. The molecular weight excluding hydrogens is 264 g/mol. The van der Waals surface area contributed by atoms with Crippen LogP contribution in [0.2, 0.25) is 0 Å². The molecular formula is C13H14N2O3S. The number of rotatable bonds is 4. The van der Waals surface area contributed by atoms with Crippen LogP contribution in [0.4, 0.5) is 0 Å². The minimum absolute atomic E-state index is 0.0609. The van der Waals surface area contributed by atoms with Gasteiger partial charge in [0.25, 0.3) is 0 Å². The third kappa shape index (κ3) is 3.30. The van der Waals surface area contributed by atoms with E-state index in [4.69, 9.17) is 9.88 Å². The number of hydrogen-bond acceptors (Lipinski definition) is 4. The lowest BCUT2D eigenvalue weighted by Crippen LogP contribution is -2.15. The summed E-state index contributed by atoms with van der Waals surface area (Å²) >= 11 is 0. The number of hydrogen-bond donors (Lipinski definition) is 1. The highest BCUT2D eigenvalue weighted by Crippen LogP contribution is 2.17. The average Bonchev–Trinajstić information content (AvgIpc) is 2.39. The first-order chi connectivity index (χ1) is 9.00. The highest BCUT2D eigenvalue weighted by Gasteiger charge is 2.14. The highest BCUT2D eigenvalue weighted by atomic mass is 32.2. The van der Waals surface area contributed by atoms with E-state index in [0.29, 0.717) is 12.1 Å². The van der Waals surface area contributed by atoms with E-state index in [2.05, 4.69) is 4.98 Å². The van der Waals surface area contributed by atoms with Crippen molar-refractivity contribution in [1.82, 2.24) is 4.98 Å². The summed E-state index contributed by atoms with van der Waals surface area (Å²) in [5.41, 5.74) is 1.37. The van der Waals surface area contributed by atoms with E-state index in [1.54, 1.807) is 19.4 Å².